The molecular weight excluding hydrogens is 398 g/mol. The Morgan fingerprint density at radius 3 is 2.58 bits per heavy atom. The number of carbonyl (C=O) groups is 4. The molecule has 3 N–H and O–H groups in total. The van der Waals surface area contributed by atoms with Crippen molar-refractivity contribution in [2.75, 3.05) is 12.4 Å². The Morgan fingerprint density at radius 1 is 1.13 bits per heavy atom. The van der Waals surface area contributed by atoms with Crippen LogP contribution in [-0.4, -0.2) is 46.8 Å². The molecule has 1 aliphatic rings. The van der Waals surface area contributed by atoms with E-state index in [2.05, 4.69) is 10.6 Å². The van der Waals surface area contributed by atoms with Gasteiger partial charge in [-0.25, -0.2) is 4.79 Å². The SMILES string of the molecule is Cc1ccccc1-c1ccc(CCC(=O)O)c(NC(=O)N[C@H]2C(=O)C=CN(C)C2=O)c1. The summed E-state index contributed by atoms with van der Waals surface area (Å²) in [5, 5.41) is 14.1. The van der Waals surface area contributed by atoms with E-state index in [0.717, 1.165) is 16.7 Å². The van der Waals surface area contributed by atoms with Crippen LogP contribution < -0.4 is 10.6 Å². The zero-order chi connectivity index (χ0) is 22.5. The van der Waals surface area contributed by atoms with Crippen molar-refractivity contribution in [3.63, 3.8) is 0 Å². The molecular formula is C23H23N3O5. The number of carboxylic acid groups (broad SMARTS) is 1. The Kier molecular flexibility index (Phi) is 6.49. The molecule has 31 heavy (non-hydrogen) atoms. The molecule has 0 radical (unpaired) electrons. The third kappa shape index (κ3) is 5.16. The Hall–Kier alpha value is -3.94. The van der Waals surface area contributed by atoms with E-state index in [-0.39, 0.29) is 12.8 Å². The monoisotopic (exact) mass is 421 g/mol. The maximum absolute atomic E-state index is 12.6. The molecule has 3 amide bonds. The molecule has 0 saturated carbocycles. The molecule has 1 atom stereocenters. The Bertz CT molecular complexity index is 1080. The van der Waals surface area contributed by atoms with Crippen LogP contribution in [0.15, 0.2) is 54.7 Å². The van der Waals surface area contributed by atoms with Gasteiger partial charge >= 0.3 is 12.0 Å². The normalized spacial score (nSPS) is 15.7. The number of nitrogens with one attached hydrogen (secondary N) is 2. The van der Waals surface area contributed by atoms with Gasteiger partial charge in [0.1, 0.15) is 0 Å². The number of benzene rings is 2. The van der Waals surface area contributed by atoms with E-state index in [0.29, 0.717) is 11.3 Å². The van der Waals surface area contributed by atoms with Crippen LogP contribution in [0.1, 0.15) is 17.5 Å². The topological polar surface area (TPSA) is 116 Å². The molecule has 0 bridgehead atoms. The first kappa shape index (κ1) is 21.8. The first-order valence-electron chi connectivity index (χ1n) is 9.73. The highest BCUT2D eigenvalue weighted by Gasteiger charge is 2.32. The number of ketones is 1. The number of urea groups is 1. The molecule has 1 heterocycles. The smallest absolute Gasteiger partial charge is 0.320 e. The van der Waals surface area contributed by atoms with Crippen LogP contribution in [0.5, 0.6) is 0 Å². The molecule has 0 unspecified atom stereocenters. The van der Waals surface area contributed by atoms with Crippen molar-refractivity contribution in [3.8, 4) is 11.1 Å². The number of aryl methyl sites for hydroxylation is 2. The minimum absolute atomic E-state index is 0.102. The second kappa shape index (κ2) is 9.25. The summed E-state index contributed by atoms with van der Waals surface area (Å²) in [5.74, 6) is -2.01. The molecule has 2 aromatic carbocycles. The fourth-order valence-electron chi connectivity index (χ4n) is 3.32. The Balaban J connectivity index is 1.87. The van der Waals surface area contributed by atoms with Gasteiger partial charge in [0.2, 0.25) is 0 Å². The van der Waals surface area contributed by atoms with E-state index in [1.807, 2.05) is 37.3 Å². The highest BCUT2D eigenvalue weighted by Crippen LogP contribution is 2.29. The molecule has 3 rings (SSSR count). The number of hydrogen-bond acceptors (Lipinski definition) is 4. The fraction of sp³-hybridized carbons (Fsp3) is 0.217. The quantitative estimate of drug-likeness (QED) is 0.620. The molecule has 0 spiro atoms. The van der Waals surface area contributed by atoms with E-state index in [1.54, 1.807) is 12.1 Å². The Morgan fingerprint density at radius 2 is 1.87 bits per heavy atom. The summed E-state index contributed by atoms with van der Waals surface area (Å²) in [5.41, 5.74) is 3.91. The van der Waals surface area contributed by atoms with E-state index >= 15 is 0 Å². The minimum Gasteiger partial charge on any atom is -0.481 e. The maximum atomic E-state index is 12.6. The van der Waals surface area contributed by atoms with Gasteiger partial charge in [-0.2, -0.15) is 0 Å². The molecule has 0 aliphatic carbocycles. The summed E-state index contributed by atoms with van der Waals surface area (Å²) < 4.78 is 0. The number of anilines is 1. The van der Waals surface area contributed by atoms with Gasteiger partial charge in [0.15, 0.2) is 11.8 Å². The van der Waals surface area contributed by atoms with Crippen molar-refractivity contribution in [1.29, 1.82) is 0 Å². The number of carboxylic acids is 1. The van der Waals surface area contributed by atoms with Crippen LogP contribution in [-0.2, 0) is 20.8 Å². The average molecular weight is 421 g/mol. The number of amides is 3. The molecule has 2 aromatic rings. The van der Waals surface area contributed by atoms with Crippen LogP contribution in [0, 0.1) is 6.92 Å². The molecule has 0 fully saturated rings. The largest absolute Gasteiger partial charge is 0.481 e. The summed E-state index contributed by atoms with van der Waals surface area (Å²) in [6.07, 6.45) is 2.68. The number of hydrogen-bond donors (Lipinski definition) is 3. The molecule has 160 valence electrons. The zero-order valence-corrected chi connectivity index (χ0v) is 17.2. The number of likely N-dealkylation sites (N-methyl/N-ethyl adjacent to an activating group) is 1. The van der Waals surface area contributed by atoms with Gasteiger partial charge in [-0.3, -0.25) is 14.4 Å². The molecule has 1 aliphatic heterocycles. The summed E-state index contributed by atoms with van der Waals surface area (Å²) in [6, 6.07) is 11.1. The standard InChI is InChI=1S/C23H23N3O5/c1-14-5-3-4-6-17(14)16-8-7-15(9-10-20(28)29)18(13-16)24-23(31)25-21-19(27)11-12-26(2)22(21)30/h3-8,11-13,21H,9-10H2,1-2H3,(H,28,29)(H2,24,25,31)/t21-/m0/s1. The predicted molar refractivity (Wildman–Crippen MR) is 115 cm³/mol. The fourth-order valence-corrected chi connectivity index (χ4v) is 3.32. The van der Waals surface area contributed by atoms with Crippen molar-refractivity contribution >= 4 is 29.4 Å². The van der Waals surface area contributed by atoms with Gasteiger partial charge < -0.3 is 20.6 Å². The van der Waals surface area contributed by atoms with Gasteiger partial charge in [0.25, 0.3) is 5.91 Å². The third-order valence-corrected chi connectivity index (χ3v) is 5.04. The average Bonchev–Trinajstić information content (AvgIpc) is 2.73. The van der Waals surface area contributed by atoms with Crippen LogP contribution >= 0.6 is 0 Å². The number of carbonyl (C=O) groups excluding carboxylic acids is 3. The van der Waals surface area contributed by atoms with E-state index in [4.69, 9.17) is 5.11 Å². The highest BCUT2D eigenvalue weighted by atomic mass is 16.4. The van der Waals surface area contributed by atoms with Crippen molar-refractivity contribution in [2.24, 2.45) is 0 Å². The second-order valence-electron chi connectivity index (χ2n) is 7.28. The van der Waals surface area contributed by atoms with Gasteiger partial charge in [-0.1, -0.05) is 36.4 Å². The van der Waals surface area contributed by atoms with E-state index in [1.165, 1.54) is 24.2 Å². The summed E-state index contributed by atoms with van der Waals surface area (Å²) in [7, 11) is 1.49. The first-order chi connectivity index (χ1) is 14.8. The van der Waals surface area contributed by atoms with E-state index < -0.39 is 29.7 Å². The molecule has 0 saturated heterocycles. The molecule has 0 aromatic heterocycles. The lowest BCUT2D eigenvalue weighted by Crippen LogP contribution is -2.53. The Labute approximate surface area is 179 Å². The first-order valence-corrected chi connectivity index (χ1v) is 9.73. The lowest BCUT2D eigenvalue weighted by molar-refractivity contribution is -0.137. The maximum Gasteiger partial charge on any atom is 0.320 e. The molecule has 8 heteroatoms. The second-order valence-corrected chi connectivity index (χ2v) is 7.28. The predicted octanol–water partition coefficient (Wildman–Crippen LogP) is 2.72. The van der Waals surface area contributed by atoms with Gasteiger partial charge in [0.05, 0.1) is 0 Å². The van der Waals surface area contributed by atoms with Crippen molar-refractivity contribution < 1.29 is 24.3 Å². The highest BCUT2D eigenvalue weighted by molar-refractivity contribution is 6.15. The van der Waals surface area contributed by atoms with Gasteiger partial charge in [-0.05, 0) is 41.7 Å². The lowest BCUT2D eigenvalue weighted by Gasteiger charge is -2.24. The minimum atomic E-state index is -1.31. The van der Waals surface area contributed by atoms with Crippen molar-refractivity contribution in [2.45, 2.75) is 25.8 Å². The number of aliphatic carboxylic acids is 1. The van der Waals surface area contributed by atoms with Crippen molar-refractivity contribution in [3.05, 3.63) is 65.9 Å². The zero-order valence-electron chi connectivity index (χ0n) is 17.2. The van der Waals surface area contributed by atoms with Gasteiger partial charge in [0, 0.05) is 31.4 Å². The summed E-state index contributed by atoms with van der Waals surface area (Å²) in [4.78, 5) is 49.1. The summed E-state index contributed by atoms with van der Waals surface area (Å²) in [6.45, 7) is 1.97. The van der Waals surface area contributed by atoms with Crippen LogP contribution in [0.4, 0.5) is 10.5 Å². The van der Waals surface area contributed by atoms with Crippen molar-refractivity contribution in [1.82, 2.24) is 10.2 Å². The van der Waals surface area contributed by atoms with Crippen LogP contribution in [0.3, 0.4) is 0 Å². The van der Waals surface area contributed by atoms with Crippen LogP contribution in [0.2, 0.25) is 0 Å². The summed E-state index contributed by atoms with van der Waals surface area (Å²) >= 11 is 0. The molecule has 8 nitrogen and oxygen atoms in total. The number of rotatable bonds is 6. The van der Waals surface area contributed by atoms with Crippen LogP contribution in [0.25, 0.3) is 11.1 Å². The third-order valence-electron chi connectivity index (χ3n) is 5.04. The number of nitrogens with zero attached hydrogens (tertiary/aromatic N) is 1. The lowest BCUT2D eigenvalue weighted by atomic mass is 9.97. The van der Waals surface area contributed by atoms with Gasteiger partial charge in [-0.15, -0.1) is 0 Å². The van der Waals surface area contributed by atoms with E-state index in [9.17, 15) is 19.2 Å².